The van der Waals surface area contributed by atoms with Crippen molar-refractivity contribution in [2.24, 2.45) is 13.0 Å². The van der Waals surface area contributed by atoms with Gasteiger partial charge in [0.05, 0.1) is 6.04 Å². The van der Waals surface area contributed by atoms with Crippen LogP contribution in [0.2, 0.25) is 0 Å². The lowest BCUT2D eigenvalue weighted by Gasteiger charge is -2.25. The second kappa shape index (κ2) is 7.01. The van der Waals surface area contributed by atoms with Crippen LogP contribution in [0.4, 0.5) is 0 Å². The van der Waals surface area contributed by atoms with Gasteiger partial charge in [-0.3, -0.25) is 9.59 Å². The number of benzene rings is 1. The Morgan fingerprint density at radius 1 is 1.12 bits per heavy atom. The SMILES string of the molecule is CC(C)[C@@H](NC(=O)c1ccn(C)c(=O)c1)c1ccc2c(c1)OCCO2. The smallest absolute Gasteiger partial charge is 0.252 e. The number of amides is 1. The van der Waals surface area contributed by atoms with Crippen molar-refractivity contribution < 1.29 is 14.3 Å². The standard InChI is InChI=1S/C19H22N2O4/c1-12(2)18(13-4-5-15-16(10-13)25-9-8-24-15)20-19(23)14-6-7-21(3)17(22)11-14/h4-7,10-12,18H,8-9H2,1-3H3,(H,20,23)/t18-/m1/s1. The van der Waals surface area contributed by atoms with Gasteiger partial charge in [-0.15, -0.1) is 0 Å². The molecular weight excluding hydrogens is 320 g/mol. The van der Waals surface area contributed by atoms with Crippen LogP contribution in [-0.2, 0) is 7.05 Å². The lowest BCUT2D eigenvalue weighted by atomic mass is 9.95. The van der Waals surface area contributed by atoms with Crippen LogP contribution < -0.4 is 20.3 Å². The highest BCUT2D eigenvalue weighted by Gasteiger charge is 2.22. The van der Waals surface area contributed by atoms with Crippen LogP contribution in [0.1, 0.15) is 35.8 Å². The van der Waals surface area contributed by atoms with Crippen molar-refractivity contribution in [1.29, 1.82) is 0 Å². The maximum atomic E-state index is 12.6. The van der Waals surface area contributed by atoms with Crippen molar-refractivity contribution >= 4 is 5.91 Å². The number of nitrogens with zero attached hydrogens (tertiary/aromatic N) is 1. The monoisotopic (exact) mass is 342 g/mol. The number of carbonyl (C=O) groups is 1. The van der Waals surface area contributed by atoms with Crippen molar-refractivity contribution in [2.75, 3.05) is 13.2 Å². The number of pyridine rings is 1. The first kappa shape index (κ1) is 17.1. The van der Waals surface area contributed by atoms with E-state index in [9.17, 15) is 9.59 Å². The average Bonchev–Trinajstić information content (AvgIpc) is 2.61. The van der Waals surface area contributed by atoms with Gasteiger partial charge in [-0.25, -0.2) is 0 Å². The number of aromatic nitrogens is 1. The third-order valence-corrected chi connectivity index (χ3v) is 4.25. The summed E-state index contributed by atoms with van der Waals surface area (Å²) in [7, 11) is 1.65. The molecule has 2 heterocycles. The normalized spacial score (nSPS) is 14.2. The first-order valence-corrected chi connectivity index (χ1v) is 8.33. The Kier molecular flexibility index (Phi) is 4.79. The summed E-state index contributed by atoms with van der Waals surface area (Å²) in [5.41, 5.74) is 1.08. The molecular formula is C19H22N2O4. The van der Waals surface area contributed by atoms with Crippen LogP contribution in [0.15, 0.2) is 41.3 Å². The number of hydrogen-bond donors (Lipinski definition) is 1. The summed E-state index contributed by atoms with van der Waals surface area (Å²) in [6, 6.07) is 8.48. The molecule has 1 atom stereocenters. The maximum absolute atomic E-state index is 12.6. The number of ether oxygens (including phenoxy) is 2. The Balaban J connectivity index is 1.85. The number of aryl methyl sites for hydroxylation is 1. The Morgan fingerprint density at radius 3 is 2.52 bits per heavy atom. The zero-order chi connectivity index (χ0) is 18.0. The van der Waals surface area contributed by atoms with E-state index in [0.717, 1.165) is 11.3 Å². The molecule has 0 bridgehead atoms. The fourth-order valence-corrected chi connectivity index (χ4v) is 2.80. The van der Waals surface area contributed by atoms with E-state index in [1.165, 1.54) is 10.6 Å². The van der Waals surface area contributed by atoms with E-state index in [1.54, 1.807) is 19.3 Å². The minimum absolute atomic E-state index is 0.165. The highest BCUT2D eigenvalue weighted by Crippen LogP contribution is 2.34. The molecule has 3 rings (SSSR count). The van der Waals surface area contributed by atoms with Gasteiger partial charge >= 0.3 is 0 Å². The molecule has 132 valence electrons. The number of carbonyl (C=O) groups excluding carboxylic acids is 1. The van der Waals surface area contributed by atoms with Gasteiger partial charge in [0, 0.05) is 24.9 Å². The predicted octanol–water partition coefficient (Wildman–Crippen LogP) is 2.28. The van der Waals surface area contributed by atoms with Gasteiger partial charge in [-0.05, 0) is 29.7 Å². The van der Waals surface area contributed by atoms with Gasteiger partial charge in [0.25, 0.3) is 11.5 Å². The van der Waals surface area contributed by atoms with Crippen LogP contribution in [0.25, 0.3) is 0 Å². The van der Waals surface area contributed by atoms with Crippen LogP contribution in [0.3, 0.4) is 0 Å². The van der Waals surface area contributed by atoms with Crippen LogP contribution in [0.5, 0.6) is 11.5 Å². The summed E-state index contributed by atoms with van der Waals surface area (Å²) in [5.74, 6) is 1.30. The molecule has 1 N–H and O–H groups in total. The maximum Gasteiger partial charge on any atom is 0.252 e. The number of fused-ring (bicyclic) bond motifs is 1. The van der Waals surface area contributed by atoms with Crippen LogP contribution in [0, 0.1) is 5.92 Å². The Hall–Kier alpha value is -2.76. The van der Waals surface area contributed by atoms with Gasteiger partial charge in [0.1, 0.15) is 13.2 Å². The van der Waals surface area contributed by atoms with Gasteiger partial charge < -0.3 is 19.4 Å². The Morgan fingerprint density at radius 2 is 1.84 bits per heavy atom. The molecule has 0 unspecified atom stereocenters. The number of hydrogen-bond acceptors (Lipinski definition) is 4. The highest BCUT2D eigenvalue weighted by molar-refractivity contribution is 5.94. The number of nitrogens with one attached hydrogen (secondary N) is 1. The fourth-order valence-electron chi connectivity index (χ4n) is 2.80. The molecule has 0 aliphatic carbocycles. The summed E-state index contributed by atoms with van der Waals surface area (Å²) in [6.07, 6.45) is 1.59. The van der Waals surface area contributed by atoms with E-state index in [2.05, 4.69) is 5.32 Å². The second-order valence-electron chi connectivity index (χ2n) is 6.46. The van der Waals surface area contributed by atoms with E-state index < -0.39 is 0 Å². The first-order chi connectivity index (χ1) is 12.0. The van der Waals surface area contributed by atoms with Gasteiger partial charge in [-0.1, -0.05) is 19.9 Å². The van der Waals surface area contributed by atoms with Crippen LogP contribution in [-0.4, -0.2) is 23.7 Å². The molecule has 0 saturated carbocycles. The third-order valence-electron chi connectivity index (χ3n) is 4.25. The summed E-state index contributed by atoms with van der Waals surface area (Å²) in [4.78, 5) is 24.3. The molecule has 1 aliphatic rings. The second-order valence-corrected chi connectivity index (χ2v) is 6.46. The van der Waals surface area contributed by atoms with E-state index in [1.807, 2.05) is 32.0 Å². The molecule has 0 spiro atoms. The van der Waals surface area contributed by atoms with Gasteiger partial charge in [-0.2, -0.15) is 0 Å². The molecule has 0 fully saturated rings. The quantitative estimate of drug-likeness (QED) is 0.925. The van der Waals surface area contributed by atoms with E-state index in [4.69, 9.17) is 9.47 Å². The number of rotatable bonds is 4. The van der Waals surface area contributed by atoms with Crippen molar-refractivity contribution in [3.63, 3.8) is 0 Å². The average molecular weight is 342 g/mol. The molecule has 1 amide bonds. The van der Waals surface area contributed by atoms with E-state index >= 15 is 0 Å². The van der Waals surface area contributed by atoms with Crippen molar-refractivity contribution in [3.05, 3.63) is 58.0 Å². The lowest BCUT2D eigenvalue weighted by Crippen LogP contribution is -2.33. The molecule has 6 nitrogen and oxygen atoms in total. The molecule has 25 heavy (non-hydrogen) atoms. The minimum atomic E-state index is -0.272. The molecule has 0 saturated heterocycles. The molecule has 1 aromatic heterocycles. The first-order valence-electron chi connectivity index (χ1n) is 8.33. The Labute approximate surface area is 146 Å². The topological polar surface area (TPSA) is 69.6 Å². The van der Waals surface area contributed by atoms with E-state index in [0.29, 0.717) is 24.5 Å². The molecule has 1 aromatic carbocycles. The summed E-state index contributed by atoms with van der Waals surface area (Å²) in [6.45, 7) is 5.12. The zero-order valence-electron chi connectivity index (χ0n) is 14.6. The lowest BCUT2D eigenvalue weighted by molar-refractivity contribution is 0.0925. The largest absolute Gasteiger partial charge is 0.486 e. The van der Waals surface area contributed by atoms with Gasteiger partial charge in [0.2, 0.25) is 0 Å². The zero-order valence-corrected chi connectivity index (χ0v) is 14.6. The molecule has 0 radical (unpaired) electrons. The third kappa shape index (κ3) is 3.68. The highest BCUT2D eigenvalue weighted by atomic mass is 16.6. The summed E-state index contributed by atoms with van der Waals surface area (Å²) < 4.78 is 12.6. The molecule has 2 aromatic rings. The summed E-state index contributed by atoms with van der Waals surface area (Å²) in [5, 5.41) is 3.02. The summed E-state index contributed by atoms with van der Waals surface area (Å²) >= 11 is 0. The molecule has 6 heteroatoms. The Bertz CT molecular complexity index is 842. The van der Waals surface area contributed by atoms with Crippen LogP contribution >= 0.6 is 0 Å². The molecule has 1 aliphatic heterocycles. The fraction of sp³-hybridized carbons (Fsp3) is 0.368. The van der Waals surface area contributed by atoms with Crippen molar-refractivity contribution in [1.82, 2.24) is 9.88 Å². The van der Waals surface area contributed by atoms with Crippen molar-refractivity contribution in [2.45, 2.75) is 19.9 Å². The minimum Gasteiger partial charge on any atom is -0.486 e. The van der Waals surface area contributed by atoms with Gasteiger partial charge in [0.15, 0.2) is 11.5 Å². The van der Waals surface area contributed by atoms with E-state index in [-0.39, 0.29) is 23.4 Å². The predicted molar refractivity (Wildman–Crippen MR) is 94.2 cm³/mol. The van der Waals surface area contributed by atoms with Crippen molar-refractivity contribution in [3.8, 4) is 11.5 Å².